The summed E-state index contributed by atoms with van der Waals surface area (Å²) in [5, 5.41) is 3.71. The van der Waals surface area contributed by atoms with E-state index in [1.54, 1.807) is 14.2 Å². The van der Waals surface area contributed by atoms with Crippen molar-refractivity contribution in [3.8, 4) is 11.5 Å². The summed E-state index contributed by atoms with van der Waals surface area (Å²) in [5.74, 6) is 3.20. The number of benzene rings is 1. The van der Waals surface area contributed by atoms with E-state index < -0.39 is 0 Å². The number of aryl methyl sites for hydroxylation is 1. The van der Waals surface area contributed by atoms with Gasteiger partial charge in [0.05, 0.1) is 14.2 Å². The molecule has 3 unspecified atom stereocenters. The number of ether oxygens (including phenoxy) is 2. The van der Waals surface area contributed by atoms with E-state index in [4.69, 9.17) is 9.47 Å². The Morgan fingerprint density at radius 3 is 2.35 bits per heavy atom. The molecule has 1 saturated carbocycles. The Morgan fingerprint density at radius 2 is 1.85 bits per heavy atom. The quantitative estimate of drug-likeness (QED) is 0.824. The van der Waals surface area contributed by atoms with Crippen molar-refractivity contribution >= 4 is 0 Å². The van der Waals surface area contributed by atoms with Gasteiger partial charge in [0.25, 0.3) is 0 Å². The van der Waals surface area contributed by atoms with Crippen LogP contribution >= 0.6 is 0 Å². The number of hydrogen-bond donors (Lipinski definition) is 1. The molecule has 1 fully saturated rings. The van der Waals surface area contributed by atoms with Gasteiger partial charge in [0.2, 0.25) is 0 Å². The van der Waals surface area contributed by atoms with Crippen molar-refractivity contribution in [1.29, 1.82) is 0 Å². The Kier molecular flexibility index (Phi) is 4.92. The van der Waals surface area contributed by atoms with Crippen molar-refractivity contribution in [2.75, 3.05) is 20.8 Å². The predicted octanol–water partition coefficient (Wildman–Crippen LogP) is 3.71. The highest BCUT2D eigenvalue weighted by Gasteiger charge is 2.40. The van der Waals surface area contributed by atoms with Crippen molar-refractivity contribution in [3.63, 3.8) is 0 Å². The maximum absolute atomic E-state index is 5.46. The normalized spacial score (nSPS) is 22.4. The molecule has 0 aliphatic heterocycles. The highest BCUT2D eigenvalue weighted by Crippen LogP contribution is 2.48. The molecule has 1 aromatic rings. The smallest absolute Gasteiger partial charge is 0.161 e. The van der Waals surface area contributed by atoms with Crippen LogP contribution in [0.3, 0.4) is 0 Å². The summed E-state index contributed by atoms with van der Waals surface area (Å²) < 4.78 is 10.8. The molecule has 0 aromatic heterocycles. The largest absolute Gasteiger partial charge is 0.493 e. The summed E-state index contributed by atoms with van der Waals surface area (Å²) in [6.45, 7) is 7.76. The molecular weight excluding hydrogens is 250 g/mol. The first kappa shape index (κ1) is 15.2. The average molecular weight is 277 g/mol. The molecule has 0 spiro atoms. The van der Waals surface area contributed by atoms with Gasteiger partial charge in [-0.1, -0.05) is 13.8 Å². The van der Waals surface area contributed by atoms with Crippen molar-refractivity contribution in [2.45, 2.75) is 39.7 Å². The fraction of sp³-hybridized carbons (Fsp3) is 0.647. The highest BCUT2D eigenvalue weighted by molar-refractivity contribution is 5.48. The topological polar surface area (TPSA) is 30.5 Å². The number of hydrogen-bond acceptors (Lipinski definition) is 3. The van der Waals surface area contributed by atoms with Crippen LogP contribution in [0.5, 0.6) is 11.5 Å². The summed E-state index contributed by atoms with van der Waals surface area (Å²) in [6.07, 6.45) is 2.47. The Bertz CT molecular complexity index is 459. The standard InChI is InChI=1S/C17H27NO2/c1-6-7-18-17(13-8-11(13)2)14-10-16(20-5)15(19-4)9-12(14)3/h9-11,13,17-18H,6-8H2,1-5H3. The second kappa shape index (κ2) is 6.49. The van der Waals surface area contributed by atoms with E-state index in [1.807, 2.05) is 0 Å². The minimum absolute atomic E-state index is 0.435. The van der Waals surface area contributed by atoms with E-state index in [2.05, 4.69) is 38.2 Å². The molecule has 0 radical (unpaired) electrons. The van der Waals surface area contributed by atoms with E-state index >= 15 is 0 Å². The van der Waals surface area contributed by atoms with E-state index in [-0.39, 0.29) is 0 Å². The Labute approximate surface area is 122 Å². The fourth-order valence-electron chi connectivity index (χ4n) is 2.94. The second-order valence-electron chi connectivity index (χ2n) is 5.87. The van der Waals surface area contributed by atoms with Gasteiger partial charge in [-0.3, -0.25) is 0 Å². The zero-order valence-corrected chi connectivity index (χ0v) is 13.3. The number of methoxy groups -OCH3 is 2. The molecule has 1 aliphatic rings. The molecule has 1 aromatic carbocycles. The van der Waals surface area contributed by atoms with Gasteiger partial charge in [-0.05, 0) is 61.4 Å². The van der Waals surface area contributed by atoms with Gasteiger partial charge < -0.3 is 14.8 Å². The molecule has 112 valence electrons. The summed E-state index contributed by atoms with van der Waals surface area (Å²) in [7, 11) is 3.39. The Morgan fingerprint density at radius 1 is 1.25 bits per heavy atom. The molecule has 3 nitrogen and oxygen atoms in total. The van der Waals surface area contributed by atoms with Crippen LogP contribution in [0.1, 0.15) is 43.9 Å². The zero-order valence-electron chi connectivity index (χ0n) is 13.3. The molecule has 0 saturated heterocycles. The second-order valence-corrected chi connectivity index (χ2v) is 5.87. The lowest BCUT2D eigenvalue weighted by molar-refractivity contribution is 0.352. The lowest BCUT2D eigenvalue weighted by Crippen LogP contribution is -2.25. The molecule has 1 N–H and O–H groups in total. The van der Waals surface area contributed by atoms with Gasteiger partial charge in [-0.2, -0.15) is 0 Å². The maximum Gasteiger partial charge on any atom is 0.161 e. The third kappa shape index (κ3) is 3.09. The van der Waals surface area contributed by atoms with Crippen LogP contribution in [0.25, 0.3) is 0 Å². The lowest BCUT2D eigenvalue weighted by atomic mass is 9.95. The highest BCUT2D eigenvalue weighted by atomic mass is 16.5. The van der Waals surface area contributed by atoms with Crippen LogP contribution in [0, 0.1) is 18.8 Å². The van der Waals surface area contributed by atoms with E-state index in [0.29, 0.717) is 6.04 Å². The van der Waals surface area contributed by atoms with Crippen LogP contribution in [-0.2, 0) is 0 Å². The number of rotatable bonds is 7. The predicted molar refractivity (Wildman–Crippen MR) is 82.6 cm³/mol. The zero-order chi connectivity index (χ0) is 14.7. The van der Waals surface area contributed by atoms with E-state index in [0.717, 1.165) is 36.3 Å². The van der Waals surface area contributed by atoms with Crippen LogP contribution < -0.4 is 14.8 Å². The molecule has 3 heteroatoms. The maximum atomic E-state index is 5.46. The minimum Gasteiger partial charge on any atom is -0.493 e. The van der Waals surface area contributed by atoms with Gasteiger partial charge in [-0.25, -0.2) is 0 Å². The first-order chi connectivity index (χ1) is 9.62. The van der Waals surface area contributed by atoms with E-state index in [1.165, 1.54) is 17.5 Å². The first-order valence-electron chi connectivity index (χ1n) is 7.58. The molecule has 0 heterocycles. The molecule has 1 aliphatic carbocycles. The Balaban J connectivity index is 2.31. The molecule has 2 rings (SSSR count). The van der Waals surface area contributed by atoms with Gasteiger partial charge in [0, 0.05) is 6.04 Å². The summed E-state index contributed by atoms with van der Waals surface area (Å²) >= 11 is 0. The van der Waals surface area contributed by atoms with Gasteiger partial charge in [0.1, 0.15) is 0 Å². The van der Waals surface area contributed by atoms with Gasteiger partial charge in [-0.15, -0.1) is 0 Å². The monoisotopic (exact) mass is 277 g/mol. The minimum atomic E-state index is 0.435. The lowest BCUT2D eigenvalue weighted by Gasteiger charge is -2.23. The van der Waals surface area contributed by atoms with Crippen molar-refractivity contribution in [2.24, 2.45) is 11.8 Å². The van der Waals surface area contributed by atoms with E-state index in [9.17, 15) is 0 Å². The van der Waals surface area contributed by atoms with Gasteiger partial charge >= 0.3 is 0 Å². The summed E-state index contributed by atoms with van der Waals surface area (Å²) in [6, 6.07) is 4.67. The fourth-order valence-corrected chi connectivity index (χ4v) is 2.94. The van der Waals surface area contributed by atoms with Crippen LogP contribution in [-0.4, -0.2) is 20.8 Å². The molecule has 3 atom stereocenters. The van der Waals surface area contributed by atoms with Crippen molar-refractivity contribution in [1.82, 2.24) is 5.32 Å². The summed E-state index contributed by atoms with van der Waals surface area (Å²) in [5.41, 5.74) is 2.63. The number of nitrogens with one attached hydrogen (secondary N) is 1. The first-order valence-corrected chi connectivity index (χ1v) is 7.58. The van der Waals surface area contributed by atoms with Crippen molar-refractivity contribution < 1.29 is 9.47 Å². The third-order valence-electron chi connectivity index (χ3n) is 4.32. The molecule has 0 bridgehead atoms. The Hall–Kier alpha value is -1.22. The SMILES string of the molecule is CCCNC(c1cc(OC)c(OC)cc1C)C1CC1C. The van der Waals surface area contributed by atoms with Crippen molar-refractivity contribution in [3.05, 3.63) is 23.3 Å². The van der Waals surface area contributed by atoms with Crippen LogP contribution in [0.15, 0.2) is 12.1 Å². The molecule has 20 heavy (non-hydrogen) atoms. The van der Waals surface area contributed by atoms with Crippen LogP contribution in [0.2, 0.25) is 0 Å². The summed E-state index contributed by atoms with van der Waals surface area (Å²) in [4.78, 5) is 0. The average Bonchev–Trinajstić information content (AvgIpc) is 3.17. The van der Waals surface area contributed by atoms with Crippen LogP contribution in [0.4, 0.5) is 0 Å². The molecular formula is C17H27NO2. The molecule has 0 amide bonds. The van der Waals surface area contributed by atoms with Gasteiger partial charge in [0.15, 0.2) is 11.5 Å². The third-order valence-corrected chi connectivity index (χ3v) is 4.32.